The lowest BCUT2D eigenvalue weighted by Crippen LogP contribution is -2.34. The second-order valence-electron chi connectivity index (χ2n) is 4.84. The Bertz CT molecular complexity index is 593. The number of thiophene rings is 1. The highest BCUT2D eigenvalue weighted by atomic mass is 32.1. The van der Waals surface area contributed by atoms with Gasteiger partial charge in [-0.3, -0.25) is 0 Å². The van der Waals surface area contributed by atoms with E-state index >= 15 is 0 Å². The van der Waals surface area contributed by atoms with Crippen LogP contribution in [0.1, 0.15) is 29.0 Å². The second kappa shape index (κ2) is 4.81. The van der Waals surface area contributed by atoms with Gasteiger partial charge >= 0.3 is 0 Å². The smallest absolute Gasteiger partial charge is 0.137 e. The quantitative estimate of drug-likeness (QED) is 0.914. The standard InChI is InChI=1S/C14H18N4S/c1-9-13(15-3)16-8-17-14(9)18-6-4-12-11(10(18)2)5-7-19-12/h5,7-8,10H,4,6H2,1-3H3,(H,15,16,17). The van der Waals surface area contributed by atoms with Crippen LogP contribution in [0.2, 0.25) is 0 Å². The molecule has 1 unspecified atom stereocenters. The van der Waals surface area contributed by atoms with E-state index in [2.05, 4.69) is 45.5 Å². The topological polar surface area (TPSA) is 41.1 Å². The largest absolute Gasteiger partial charge is 0.373 e. The van der Waals surface area contributed by atoms with Crippen LogP contribution in [0, 0.1) is 6.92 Å². The Balaban J connectivity index is 2.00. The molecule has 0 bridgehead atoms. The van der Waals surface area contributed by atoms with E-state index in [1.807, 2.05) is 18.4 Å². The van der Waals surface area contributed by atoms with Crippen LogP contribution in [0.5, 0.6) is 0 Å². The van der Waals surface area contributed by atoms with Crippen LogP contribution in [-0.4, -0.2) is 23.6 Å². The fourth-order valence-corrected chi connectivity index (χ4v) is 3.74. The van der Waals surface area contributed by atoms with Gasteiger partial charge < -0.3 is 10.2 Å². The van der Waals surface area contributed by atoms with E-state index in [1.165, 1.54) is 10.4 Å². The second-order valence-corrected chi connectivity index (χ2v) is 5.84. The minimum atomic E-state index is 0.383. The van der Waals surface area contributed by atoms with Gasteiger partial charge in [-0.05, 0) is 37.3 Å². The normalized spacial score (nSPS) is 18.3. The molecule has 0 aromatic carbocycles. The maximum atomic E-state index is 4.50. The number of nitrogens with zero attached hydrogens (tertiary/aromatic N) is 3. The van der Waals surface area contributed by atoms with Crippen LogP contribution < -0.4 is 10.2 Å². The lowest BCUT2D eigenvalue weighted by Gasteiger charge is -2.35. The highest BCUT2D eigenvalue weighted by Gasteiger charge is 2.27. The Labute approximate surface area is 117 Å². The van der Waals surface area contributed by atoms with Crippen LogP contribution >= 0.6 is 11.3 Å². The van der Waals surface area contributed by atoms with Crippen molar-refractivity contribution >= 4 is 23.0 Å². The fraction of sp³-hybridized carbons (Fsp3) is 0.429. The van der Waals surface area contributed by atoms with Gasteiger partial charge in [0.1, 0.15) is 18.0 Å². The summed E-state index contributed by atoms with van der Waals surface area (Å²) in [7, 11) is 1.90. The minimum absolute atomic E-state index is 0.383. The number of aromatic nitrogens is 2. The van der Waals surface area contributed by atoms with E-state index in [0.717, 1.165) is 30.2 Å². The molecule has 0 fully saturated rings. The zero-order valence-corrected chi connectivity index (χ0v) is 12.3. The number of fused-ring (bicyclic) bond motifs is 1. The highest BCUT2D eigenvalue weighted by molar-refractivity contribution is 7.10. The van der Waals surface area contributed by atoms with Crippen LogP contribution in [-0.2, 0) is 6.42 Å². The molecule has 1 aliphatic rings. The first-order chi connectivity index (χ1) is 9.22. The Morgan fingerprint density at radius 2 is 2.26 bits per heavy atom. The number of nitrogens with one attached hydrogen (secondary N) is 1. The zero-order valence-electron chi connectivity index (χ0n) is 11.5. The van der Waals surface area contributed by atoms with Gasteiger partial charge in [-0.15, -0.1) is 11.3 Å². The average molecular weight is 274 g/mol. The van der Waals surface area contributed by atoms with E-state index in [1.54, 1.807) is 6.33 Å². The van der Waals surface area contributed by atoms with Crippen molar-refractivity contribution in [1.29, 1.82) is 0 Å². The predicted octanol–water partition coefficient (Wildman–Crippen LogP) is 3.01. The van der Waals surface area contributed by atoms with E-state index in [4.69, 9.17) is 0 Å². The molecule has 1 aliphatic heterocycles. The summed E-state index contributed by atoms with van der Waals surface area (Å²) < 4.78 is 0. The van der Waals surface area contributed by atoms with Crippen molar-refractivity contribution in [2.75, 3.05) is 23.8 Å². The summed E-state index contributed by atoms with van der Waals surface area (Å²) in [5.41, 5.74) is 2.57. The molecule has 0 amide bonds. The van der Waals surface area contributed by atoms with Gasteiger partial charge in [-0.1, -0.05) is 0 Å². The van der Waals surface area contributed by atoms with Crippen molar-refractivity contribution < 1.29 is 0 Å². The lowest BCUT2D eigenvalue weighted by molar-refractivity contribution is 0.622. The van der Waals surface area contributed by atoms with E-state index < -0.39 is 0 Å². The van der Waals surface area contributed by atoms with Crippen molar-refractivity contribution in [2.45, 2.75) is 26.3 Å². The molecule has 19 heavy (non-hydrogen) atoms. The summed E-state index contributed by atoms with van der Waals surface area (Å²) in [6, 6.07) is 2.63. The number of hydrogen-bond acceptors (Lipinski definition) is 5. The van der Waals surface area contributed by atoms with Crippen molar-refractivity contribution in [3.05, 3.63) is 33.8 Å². The van der Waals surface area contributed by atoms with Gasteiger partial charge in [0.05, 0.1) is 6.04 Å². The van der Waals surface area contributed by atoms with Crippen molar-refractivity contribution in [1.82, 2.24) is 9.97 Å². The van der Waals surface area contributed by atoms with Gasteiger partial charge in [0.2, 0.25) is 0 Å². The maximum Gasteiger partial charge on any atom is 0.137 e. The molecular formula is C14H18N4S. The SMILES string of the molecule is CNc1ncnc(N2CCc3sccc3C2C)c1C. The van der Waals surface area contributed by atoms with Crippen molar-refractivity contribution in [3.8, 4) is 0 Å². The summed E-state index contributed by atoms with van der Waals surface area (Å²) in [5.74, 6) is 1.96. The lowest BCUT2D eigenvalue weighted by atomic mass is 10.0. The third-order valence-corrected chi connectivity index (χ3v) is 4.84. The Morgan fingerprint density at radius 3 is 3.05 bits per heavy atom. The van der Waals surface area contributed by atoms with Crippen LogP contribution in [0.3, 0.4) is 0 Å². The van der Waals surface area contributed by atoms with Gasteiger partial charge in [-0.2, -0.15) is 0 Å². The summed E-state index contributed by atoms with van der Waals surface area (Å²) in [6.45, 7) is 5.36. The summed E-state index contributed by atoms with van der Waals surface area (Å²) >= 11 is 1.87. The van der Waals surface area contributed by atoms with Crippen LogP contribution in [0.4, 0.5) is 11.6 Å². The first-order valence-corrected chi connectivity index (χ1v) is 7.42. The fourth-order valence-electron chi connectivity index (χ4n) is 2.78. The van der Waals surface area contributed by atoms with Gasteiger partial charge in [0.25, 0.3) is 0 Å². The zero-order chi connectivity index (χ0) is 13.4. The van der Waals surface area contributed by atoms with E-state index in [9.17, 15) is 0 Å². The number of rotatable bonds is 2. The first kappa shape index (κ1) is 12.4. The van der Waals surface area contributed by atoms with Gasteiger partial charge in [0, 0.05) is 24.0 Å². The number of hydrogen-bond donors (Lipinski definition) is 1. The van der Waals surface area contributed by atoms with E-state index in [0.29, 0.717) is 6.04 Å². The maximum absolute atomic E-state index is 4.50. The third-order valence-electron chi connectivity index (χ3n) is 3.84. The summed E-state index contributed by atoms with van der Waals surface area (Å²) in [5, 5.41) is 5.32. The summed E-state index contributed by atoms with van der Waals surface area (Å²) in [4.78, 5) is 12.7. The molecule has 1 N–H and O–H groups in total. The molecule has 0 saturated heterocycles. The molecule has 0 saturated carbocycles. The van der Waals surface area contributed by atoms with Gasteiger partial charge in [-0.25, -0.2) is 9.97 Å². The molecule has 1 atom stereocenters. The third kappa shape index (κ3) is 1.98. The van der Waals surface area contributed by atoms with Crippen molar-refractivity contribution in [3.63, 3.8) is 0 Å². The van der Waals surface area contributed by atoms with Crippen molar-refractivity contribution in [2.24, 2.45) is 0 Å². The molecule has 5 heteroatoms. The molecule has 4 nitrogen and oxygen atoms in total. The number of anilines is 2. The van der Waals surface area contributed by atoms with Crippen LogP contribution in [0.25, 0.3) is 0 Å². The molecule has 0 radical (unpaired) electrons. The Morgan fingerprint density at radius 1 is 1.42 bits per heavy atom. The first-order valence-electron chi connectivity index (χ1n) is 6.54. The molecule has 2 aromatic heterocycles. The van der Waals surface area contributed by atoms with Gasteiger partial charge in [0.15, 0.2) is 0 Å². The average Bonchev–Trinajstić information content (AvgIpc) is 2.89. The highest BCUT2D eigenvalue weighted by Crippen LogP contribution is 2.36. The molecule has 3 rings (SSSR count). The minimum Gasteiger partial charge on any atom is -0.373 e. The molecule has 0 spiro atoms. The molecule has 3 heterocycles. The molecule has 100 valence electrons. The molecule has 2 aromatic rings. The Kier molecular flexibility index (Phi) is 3.14. The van der Waals surface area contributed by atoms with Crippen LogP contribution in [0.15, 0.2) is 17.8 Å². The molecule has 0 aliphatic carbocycles. The molecular weight excluding hydrogens is 256 g/mol. The monoisotopic (exact) mass is 274 g/mol. The summed E-state index contributed by atoms with van der Waals surface area (Å²) in [6.07, 6.45) is 2.75. The van der Waals surface area contributed by atoms with E-state index in [-0.39, 0.29) is 0 Å². The predicted molar refractivity (Wildman–Crippen MR) is 80.1 cm³/mol. The Hall–Kier alpha value is -1.62.